The highest BCUT2D eigenvalue weighted by Gasteiger charge is 2.32. The van der Waals surface area contributed by atoms with Crippen molar-refractivity contribution in [3.63, 3.8) is 0 Å². The maximum Gasteiger partial charge on any atom is 0.349 e. The molecule has 2 aromatic heterocycles. The lowest BCUT2D eigenvalue weighted by molar-refractivity contribution is -0.158. The molecule has 0 atom stereocenters. The first-order chi connectivity index (χ1) is 18.2. The predicted octanol–water partition coefficient (Wildman–Crippen LogP) is 6.18. The maximum atomic E-state index is 12.4. The summed E-state index contributed by atoms with van der Waals surface area (Å²) >= 11 is 0. The minimum Gasteiger partial charge on any atom is -0.476 e. The first-order valence-electron chi connectivity index (χ1n) is 12.7. The molecule has 0 amide bonds. The quantitative estimate of drug-likeness (QED) is 0.218. The summed E-state index contributed by atoms with van der Waals surface area (Å²) in [4.78, 5) is 23.7. The molecule has 0 saturated heterocycles. The lowest BCUT2D eigenvalue weighted by atomic mass is 10.0. The van der Waals surface area contributed by atoms with Crippen molar-refractivity contribution < 1.29 is 23.1 Å². The van der Waals surface area contributed by atoms with E-state index in [1.165, 1.54) is 0 Å². The lowest BCUT2D eigenvalue weighted by Crippen LogP contribution is -2.40. The number of carbonyl (C=O) groups excluding carboxylic acids is 1. The number of hydrogen-bond donors (Lipinski definition) is 0. The van der Waals surface area contributed by atoms with Crippen LogP contribution < -0.4 is 4.74 Å². The average molecular weight is 518 g/mol. The van der Waals surface area contributed by atoms with Gasteiger partial charge in [-0.1, -0.05) is 30.3 Å². The van der Waals surface area contributed by atoms with Crippen LogP contribution in [0.25, 0.3) is 11.5 Å². The Morgan fingerprint density at radius 2 is 1.74 bits per heavy atom. The summed E-state index contributed by atoms with van der Waals surface area (Å²) in [6.07, 6.45) is 3.22. The molecule has 0 aliphatic heterocycles. The van der Waals surface area contributed by atoms with Gasteiger partial charge in [0.15, 0.2) is 5.60 Å². The first-order valence-corrected chi connectivity index (χ1v) is 12.7. The third-order valence-electron chi connectivity index (χ3n) is 6.18. The fourth-order valence-corrected chi connectivity index (χ4v) is 4.33. The molecule has 4 aromatic rings. The number of ether oxygens (including phenoxy) is 2. The van der Waals surface area contributed by atoms with E-state index in [0.717, 1.165) is 33.7 Å². The molecule has 0 aliphatic carbocycles. The van der Waals surface area contributed by atoms with E-state index in [-0.39, 0.29) is 0 Å². The maximum absolute atomic E-state index is 12.4. The molecule has 0 unspecified atom stereocenters. The van der Waals surface area contributed by atoms with Gasteiger partial charge in [-0.15, -0.1) is 0 Å². The van der Waals surface area contributed by atoms with E-state index in [0.29, 0.717) is 43.8 Å². The Labute approximate surface area is 223 Å². The van der Waals surface area contributed by atoms with Crippen LogP contribution in [-0.2, 0) is 29.2 Å². The third kappa shape index (κ3) is 6.50. The topological polar surface area (TPSA) is 90.8 Å². The van der Waals surface area contributed by atoms with Crippen molar-refractivity contribution in [3.8, 4) is 17.2 Å². The summed E-state index contributed by atoms with van der Waals surface area (Å²) in [5, 5.41) is 0. The number of esters is 1. The predicted molar refractivity (Wildman–Crippen MR) is 143 cm³/mol. The van der Waals surface area contributed by atoms with Gasteiger partial charge in [-0.05, 0) is 70.4 Å². The fourth-order valence-electron chi connectivity index (χ4n) is 4.33. The zero-order valence-corrected chi connectivity index (χ0v) is 22.9. The number of aryl methyl sites for hydroxylation is 3. The summed E-state index contributed by atoms with van der Waals surface area (Å²) < 4.78 is 22.9. The van der Waals surface area contributed by atoms with Crippen molar-refractivity contribution in [2.24, 2.45) is 0 Å². The molecule has 0 fully saturated rings. The van der Waals surface area contributed by atoms with Crippen LogP contribution in [0.3, 0.4) is 0 Å². The summed E-state index contributed by atoms with van der Waals surface area (Å²) in [6.45, 7) is 13.1. The van der Waals surface area contributed by atoms with Gasteiger partial charge < -0.3 is 18.3 Å². The molecule has 0 bridgehead atoms. The summed E-state index contributed by atoms with van der Waals surface area (Å²) in [6, 6.07) is 14.0. The van der Waals surface area contributed by atoms with Crippen molar-refractivity contribution in [3.05, 3.63) is 89.0 Å². The fraction of sp³-hybridized carbons (Fsp3) is 0.367. The Morgan fingerprint density at radius 1 is 1.03 bits per heavy atom. The molecule has 0 saturated carbocycles. The monoisotopic (exact) mass is 517 g/mol. The number of nitrogens with zero attached hydrogens (tertiary/aromatic N) is 3. The highest BCUT2D eigenvalue weighted by molar-refractivity contribution is 5.79. The van der Waals surface area contributed by atoms with Crippen molar-refractivity contribution in [2.45, 2.75) is 66.8 Å². The summed E-state index contributed by atoms with van der Waals surface area (Å²) in [7, 11) is 0. The van der Waals surface area contributed by atoms with E-state index in [2.05, 4.69) is 22.0 Å². The zero-order valence-electron chi connectivity index (χ0n) is 22.9. The summed E-state index contributed by atoms with van der Waals surface area (Å²) in [5.41, 5.74) is 3.69. The van der Waals surface area contributed by atoms with Crippen LogP contribution in [-0.4, -0.2) is 33.0 Å². The molecule has 8 heteroatoms. The van der Waals surface area contributed by atoms with E-state index in [9.17, 15) is 4.79 Å². The van der Waals surface area contributed by atoms with Crippen molar-refractivity contribution >= 4 is 5.97 Å². The molecule has 0 radical (unpaired) electrons. The second-order valence-corrected chi connectivity index (χ2v) is 9.85. The van der Waals surface area contributed by atoms with Gasteiger partial charge in [-0.25, -0.2) is 14.8 Å². The van der Waals surface area contributed by atoms with Gasteiger partial charge in [0.1, 0.15) is 17.8 Å². The van der Waals surface area contributed by atoms with Crippen LogP contribution in [0, 0.1) is 20.8 Å². The van der Waals surface area contributed by atoms with E-state index in [1.54, 1.807) is 33.2 Å². The van der Waals surface area contributed by atoms with Crippen LogP contribution in [0.1, 0.15) is 54.8 Å². The number of benzene rings is 2. The molecule has 200 valence electrons. The average Bonchev–Trinajstić information content (AvgIpc) is 3.52. The summed E-state index contributed by atoms with van der Waals surface area (Å²) in [5.74, 6) is 2.30. The van der Waals surface area contributed by atoms with Crippen molar-refractivity contribution in [1.82, 2.24) is 14.9 Å². The van der Waals surface area contributed by atoms with Gasteiger partial charge in [-0.2, -0.15) is 0 Å². The molecule has 0 N–H and O–H groups in total. The third-order valence-corrected chi connectivity index (χ3v) is 6.18. The van der Waals surface area contributed by atoms with Gasteiger partial charge in [0.25, 0.3) is 0 Å². The molecule has 0 aliphatic rings. The Morgan fingerprint density at radius 3 is 2.37 bits per heavy atom. The first kappa shape index (κ1) is 27.1. The number of rotatable bonds is 11. The molecular formula is C30H35N3O5. The van der Waals surface area contributed by atoms with E-state index < -0.39 is 11.6 Å². The highest BCUT2D eigenvalue weighted by Crippen LogP contribution is 2.30. The highest BCUT2D eigenvalue weighted by atomic mass is 16.6. The molecule has 4 rings (SSSR count). The van der Waals surface area contributed by atoms with Crippen molar-refractivity contribution in [2.75, 3.05) is 6.61 Å². The van der Waals surface area contributed by atoms with Gasteiger partial charge >= 0.3 is 5.97 Å². The molecule has 0 spiro atoms. The minimum atomic E-state index is -1.09. The standard InChI is InChI=1S/C30H35N3O5/c1-7-35-29(34)30(5,6)38-27-20(2)15-23(16-21(27)3)17-33(19-26-31-13-14-36-26)18-25-22(4)37-28(32-25)24-11-9-8-10-12-24/h8-16H,7,17-19H2,1-6H3. The molecule has 38 heavy (non-hydrogen) atoms. The zero-order chi connectivity index (χ0) is 27.3. The largest absolute Gasteiger partial charge is 0.476 e. The van der Waals surface area contributed by atoms with Crippen LogP contribution >= 0.6 is 0 Å². The Bertz CT molecular complexity index is 1340. The number of oxazole rings is 2. The molecule has 2 aromatic carbocycles. The van der Waals surface area contributed by atoms with Gasteiger partial charge in [0.05, 0.1) is 25.0 Å². The van der Waals surface area contributed by atoms with Gasteiger partial charge in [0, 0.05) is 18.7 Å². The molecule has 2 heterocycles. The number of carbonyl (C=O) groups is 1. The van der Waals surface area contributed by atoms with Crippen LogP contribution in [0.4, 0.5) is 0 Å². The number of hydrogen-bond acceptors (Lipinski definition) is 8. The van der Waals surface area contributed by atoms with E-state index in [4.69, 9.17) is 23.3 Å². The van der Waals surface area contributed by atoms with Gasteiger partial charge in [0.2, 0.25) is 11.8 Å². The molecule has 8 nitrogen and oxygen atoms in total. The molecular weight excluding hydrogens is 482 g/mol. The number of aromatic nitrogens is 2. The van der Waals surface area contributed by atoms with E-state index >= 15 is 0 Å². The van der Waals surface area contributed by atoms with Crippen LogP contribution in [0.5, 0.6) is 5.75 Å². The Hall–Kier alpha value is -3.91. The second kappa shape index (κ2) is 11.6. The van der Waals surface area contributed by atoms with Gasteiger partial charge in [-0.3, -0.25) is 4.90 Å². The lowest BCUT2D eigenvalue weighted by Gasteiger charge is -2.27. The second-order valence-electron chi connectivity index (χ2n) is 9.85. The minimum absolute atomic E-state index is 0.306. The Kier molecular flexibility index (Phi) is 8.32. The van der Waals surface area contributed by atoms with E-state index in [1.807, 2.05) is 51.1 Å². The van der Waals surface area contributed by atoms with Crippen molar-refractivity contribution in [1.29, 1.82) is 0 Å². The van der Waals surface area contributed by atoms with Crippen LogP contribution in [0.15, 0.2) is 63.8 Å². The Balaban J connectivity index is 1.57. The smallest absolute Gasteiger partial charge is 0.349 e. The SMILES string of the molecule is CCOC(=O)C(C)(C)Oc1c(C)cc(CN(Cc2ncco2)Cc2nc(-c3ccccc3)oc2C)cc1C. The normalized spacial score (nSPS) is 11.7. The van der Waals surface area contributed by atoms with Crippen LogP contribution in [0.2, 0.25) is 0 Å².